The molecule has 2 rings (SSSR count). The first kappa shape index (κ1) is 7.95. The number of pyridine rings is 1. The minimum absolute atomic E-state index is 1.10. The molecule has 1 aliphatic rings. The van der Waals surface area contributed by atoms with E-state index < -0.39 is 0 Å². The molecule has 1 aromatic rings. The normalized spacial score (nSPS) is 16.3. The summed E-state index contributed by atoms with van der Waals surface area (Å²) < 4.78 is 2.30. The van der Waals surface area contributed by atoms with Crippen molar-refractivity contribution in [3.8, 4) is 0 Å². The number of rotatable bonds is 1. The van der Waals surface area contributed by atoms with E-state index in [2.05, 4.69) is 20.7 Å². The van der Waals surface area contributed by atoms with Crippen LogP contribution in [0.3, 0.4) is 0 Å². The van der Waals surface area contributed by atoms with Crippen molar-refractivity contribution in [2.45, 2.75) is 6.42 Å². The van der Waals surface area contributed by atoms with Crippen molar-refractivity contribution in [1.82, 2.24) is 8.59 Å². The predicted molar refractivity (Wildman–Crippen MR) is 49.3 cm³/mol. The first-order valence-electron chi connectivity index (χ1n) is 4.02. The molecule has 0 saturated carbocycles. The van der Waals surface area contributed by atoms with Gasteiger partial charge in [-0.25, -0.2) is 0 Å². The summed E-state index contributed by atoms with van der Waals surface area (Å²) in [5, 5.41) is 0. The molecule has 0 atom stereocenters. The van der Waals surface area contributed by atoms with Gasteiger partial charge in [0.25, 0.3) is 0 Å². The Morgan fingerprint density at radius 3 is 2.92 bits per heavy atom. The molecular formula is C9H9GaN2. The number of hydrogen-bond acceptors (Lipinski definition) is 2. The molecule has 2 nitrogen and oxygen atoms in total. The third-order valence-corrected chi connectivity index (χ3v) is 3.07. The zero-order valence-corrected chi connectivity index (χ0v) is 9.20. The summed E-state index contributed by atoms with van der Waals surface area (Å²) in [6, 6.07) is 6.04. The monoisotopic (exact) mass is 214 g/mol. The quantitative estimate of drug-likeness (QED) is 0.654. The van der Waals surface area contributed by atoms with Crippen LogP contribution >= 0.6 is 0 Å². The van der Waals surface area contributed by atoms with Crippen molar-refractivity contribution in [2.75, 3.05) is 6.54 Å². The summed E-state index contributed by atoms with van der Waals surface area (Å²) in [6.45, 7) is 1.14. The fourth-order valence-corrected chi connectivity index (χ4v) is 2.16. The molecule has 0 aliphatic carbocycles. The molecule has 0 aromatic carbocycles. The fraction of sp³-hybridized carbons (Fsp3) is 0.222. The number of hydrogen-bond donors (Lipinski definition) is 0. The Morgan fingerprint density at radius 2 is 2.33 bits per heavy atom. The van der Waals surface area contributed by atoms with E-state index in [0.29, 0.717) is 0 Å². The predicted octanol–water partition coefficient (Wildman–Crippen LogP) is 1.21. The van der Waals surface area contributed by atoms with Crippen LogP contribution in [-0.2, 0) is 0 Å². The van der Waals surface area contributed by atoms with Gasteiger partial charge in [-0.1, -0.05) is 0 Å². The maximum atomic E-state index is 4.31. The van der Waals surface area contributed by atoms with E-state index in [9.17, 15) is 0 Å². The Morgan fingerprint density at radius 1 is 1.42 bits per heavy atom. The summed E-state index contributed by atoms with van der Waals surface area (Å²) in [7, 11) is 0. The number of nitrogens with zero attached hydrogens (tertiary/aromatic N) is 2. The van der Waals surface area contributed by atoms with Gasteiger partial charge in [-0.3, -0.25) is 0 Å². The Kier molecular flexibility index (Phi) is 2.23. The SMILES string of the molecule is [Ga][N]1CCC=C1c1ccccn1. The van der Waals surface area contributed by atoms with Gasteiger partial charge in [-0.2, -0.15) is 0 Å². The Bertz CT molecular complexity index is 295. The van der Waals surface area contributed by atoms with Crippen LogP contribution in [0.5, 0.6) is 0 Å². The molecule has 1 aromatic heterocycles. The van der Waals surface area contributed by atoms with Crippen molar-refractivity contribution >= 4 is 24.5 Å². The molecule has 0 bridgehead atoms. The van der Waals surface area contributed by atoms with Gasteiger partial charge in [0.2, 0.25) is 0 Å². The van der Waals surface area contributed by atoms with Crippen molar-refractivity contribution in [3.05, 3.63) is 36.2 Å². The van der Waals surface area contributed by atoms with E-state index in [4.69, 9.17) is 0 Å². The van der Waals surface area contributed by atoms with Gasteiger partial charge in [0.1, 0.15) is 0 Å². The first-order valence-corrected chi connectivity index (χ1v) is 5.10. The van der Waals surface area contributed by atoms with E-state index in [1.54, 1.807) is 18.8 Å². The second-order valence-electron chi connectivity index (χ2n) is 2.79. The van der Waals surface area contributed by atoms with Crippen molar-refractivity contribution in [2.24, 2.45) is 0 Å². The Labute approximate surface area is 82.5 Å². The number of aromatic nitrogens is 1. The Hall–Kier alpha value is -0.674. The zero-order valence-electron chi connectivity index (χ0n) is 6.77. The van der Waals surface area contributed by atoms with Gasteiger partial charge in [0.05, 0.1) is 0 Å². The van der Waals surface area contributed by atoms with Crippen molar-refractivity contribution in [3.63, 3.8) is 0 Å². The second-order valence-corrected chi connectivity index (χ2v) is 4.09. The topological polar surface area (TPSA) is 16.1 Å². The van der Waals surface area contributed by atoms with E-state index in [-0.39, 0.29) is 0 Å². The fourth-order valence-electron chi connectivity index (χ4n) is 1.34. The third-order valence-electron chi connectivity index (χ3n) is 1.94. The van der Waals surface area contributed by atoms with Crippen LogP contribution in [0.2, 0.25) is 0 Å². The Balaban J connectivity index is 2.31. The van der Waals surface area contributed by atoms with Gasteiger partial charge in [0.15, 0.2) is 0 Å². The zero-order chi connectivity index (χ0) is 8.39. The average Bonchev–Trinajstić information content (AvgIpc) is 2.53. The summed E-state index contributed by atoms with van der Waals surface area (Å²) in [4.78, 5) is 4.31. The van der Waals surface area contributed by atoms with Gasteiger partial charge >= 0.3 is 82.3 Å². The molecule has 2 radical (unpaired) electrons. The molecule has 0 N–H and O–H groups in total. The molecule has 0 saturated heterocycles. The molecule has 2 heterocycles. The van der Waals surface area contributed by atoms with Crippen LogP contribution in [0.4, 0.5) is 0 Å². The van der Waals surface area contributed by atoms with Crippen LogP contribution < -0.4 is 0 Å². The van der Waals surface area contributed by atoms with E-state index >= 15 is 0 Å². The van der Waals surface area contributed by atoms with Crippen LogP contribution in [0.25, 0.3) is 5.70 Å². The molecule has 58 valence electrons. The molecule has 3 heteroatoms. The summed E-state index contributed by atoms with van der Waals surface area (Å²) in [5.74, 6) is 0. The van der Waals surface area contributed by atoms with Crippen LogP contribution in [0.15, 0.2) is 30.5 Å². The molecule has 12 heavy (non-hydrogen) atoms. The average molecular weight is 215 g/mol. The van der Waals surface area contributed by atoms with Crippen LogP contribution in [0, 0.1) is 0 Å². The van der Waals surface area contributed by atoms with Crippen molar-refractivity contribution in [1.29, 1.82) is 0 Å². The summed E-state index contributed by atoms with van der Waals surface area (Å²) >= 11 is 1.65. The molecule has 0 fully saturated rings. The molecule has 1 aliphatic heterocycles. The van der Waals surface area contributed by atoms with E-state index in [1.165, 1.54) is 5.70 Å². The third kappa shape index (κ3) is 1.42. The molecule has 0 unspecified atom stereocenters. The standard InChI is InChI=1S/C9H9N2.Ga/c1-2-6-10-8(4-1)9-5-3-7-11-9;/h1-2,4-6H,3,7H2;/q-1;+1. The summed E-state index contributed by atoms with van der Waals surface area (Å²) in [6.07, 6.45) is 5.25. The molecular weight excluding hydrogens is 206 g/mol. The first-order chi connectivity index (χ1) is 5.88. The molecule has 0 amide bonds. The summed E-state index contributed by atoms with van der Waals surface area (Å²) in [5.41, 5.74) is 2.38. The van der Waals surface area contributed by atoms with Gasteiger partial charge < -0.3 is 0 Å². The van der Waals surface area contributed by atoms with Crippen LogP contribution in [0.1, 0.15) is 12.1 Å². The second kappa shape index (κ2) is 3.37. The minimum atomic E-state index is 1.10. The van der Waals surface area contributed by atoms with Gasteiger partial charge in [0, 0.05) is 0 Å². The maximum absolute atomic E-state index is 4.31. The van der Waals surface area contributed by atoms with E-state index in [1.807, 2.05) is 18.3 Å². The van der Waals surface area contributed by atoms with Crippen LogP contribution in [-0.4, -0.2) is 34.0 Å². The molecule has 0 spiro atoms. The van der Waals surface area contributed by atoms with Crippen molar-refractivity contribution < 1.29 is 0 Å². The van der Waals surface area contributed by atoms with Gasteiger partial charge in [-0.15, -0.1) is 0 Å². The van der Waals surface area contributed by atoms with Gasteiger partial charge in [-0.05, 0) is 0 Å². The van der Waals surface area contributed by atoms with E-state index in [0.717, 1.165) is 18.7 Å².